The van der Waals surface area contributed by atoms with Crippen LogP contribution in [0.15, 0.2) is 5.10 Å². The Kier molecular flexibility index (Phi) is 1.94. The van der Waals surface area contributed by atoms with Crippen LogP contribution in [-0.2, 0) is 0 Å². The van der Waals surface area contributed by atoms with Gasteiger partial charge in [0.1, 0.15) is 5.50 Å². The topological polar surface area (TPSA) is 27.6 Å². The summed E-state index contributed by atoms with van der Waals surface area (Å²) in [6.07, 6.45) is 2.37. The molecule has 0 fully saturated rings. The van der Waals surface area contributed by atoms with Gasteiger partial charge in [0.15, 0.2) is 0 Å². The second-order valence-electron chi connectivity index (χ2n) is 1.39. The molecule has 0 saturated carbocycles. The molecule has 46 valence electrons. The lowest BCUT2D eigenvalue weighted by Crippen LogP contribution is -2.36. The van der Waals surface area contributed by atoms with E-state index in [9.17, 15) is 0 Å². The van der Waals surface area contributed by atoms with E-state index < -0.39 is 0 Å². The Morgan fingerprint density at radius 3 is 3.00 bits per heavy atom. The van der Waals surface area contributed by atoms with Gasteiger partial charge in [-0.2, -0.15) is 10.5 Å². The fourth-order valence-electron chi connectivity index (χ4n) is 0.413. The molecule has 8 heavy (non-hydrogen) atoms. The first kappa shape index (κ1) is 6.13. The molecular formula is C3H5Cl2N3. The van der Waals surface area contributed by atoms with E-state index >= 15 is 0 Å². The third-order valence-corrected chi connectivity index (χ3v) is 1.20. The van der Waals surface area contributed by atoms with Gasteiger partial charge >= 0.3 is 0 Å². The maximum absolute atomic E-state index is 5.58. The van der Waals surface area contributed by atoms with Crippen LogP contribution >= 0.6 is 23.4 Å². The molecule has 0 aromatic rings. The number of halogens is 2. The van der Waals surface area contributed by atoms with E-state index in [-0.39, 0.29) is 5.50 Å². The highest BCUT2D eigenvalue weighted by Crippen LogP contribution is 2.04. The Morgan fingerprint density at radius 2 is 2.62 bits per heavy atom. The molecule has 1 atom stereocenters. The van der Waals surface area contributed by atoms with Crippen molar-refractivity contribution in [3.63, 3.8) is 0 Å². The smallest absolute Gasteiger partial charge is 0.108 e. The molecule has 0 spiro atoms. The maximum Gasteiger partial charge on any atom is 0.108 e. The zero-order valence-corrected chi connectivity index (χ0v) is 5.52. The lowest BCUT2D eigenvalue weighted by Gasteiger charge is -2.18. The van der Waals surface area contributed by atoms with Gasteiger partial charge < -0.3 is 0 Å². The highest BCUT2D eigenvalue weighted by atomic mass is 35.5. The van der Waals surface area contributed by atoms with Crippen LogP contribution in [0.1, 0.15) is 6.42 Å². The standard InChI is InChI=1S/C3H5Cl2N3/c4-3-1-2-6-8(5)7-3/h2-3,7H,1H2. The number of hydrogen-bond donors (Lipinski definition) is 1. The summed E-state index contributed by atoms with van der Waals surface area (Å²) >= 11 is 10.9. The monoisotopic (exact) mass is 153 g/mol. The molecule has 1 aliphatic rings. The molecule has 1 aliphatic heterocycles. The Labute approximate surface area is 57.3 Å². The molecule has 1 unspecified atom stereocenters. The first-order chi connectivity index (χ1) is 3.79. The molecule has 0 aromatic carbocycles. The van der Waals surface area contributed by atoms with Crippen LogP contribution in [0.5, 0.6) is 0 Å². The molecule has 5 heteroatoms. The van der Waals surface area contributed by atoms with Crippen LogP contribution in [0.4, 0.5) is 0 Å². The van der Waals surface area contributed by atoms with Crippen LogP contribution in [-0.4, -0.2) is 16.4 Å². The Morgan fingerprint density at radius 1 is 1.88 bits per heavy atom. The van der Waals surface area contributed by atoms with Crippen molar-refractivity contribution >= 4 is 29.6 Å². The van der Waals surface area contributed by atoms with Gasteiger partial charge in [-0.05, 0) is 0 Å². The van der Waals surface area contributed by atoms with Crippen molar-refractivity contribution in [1.29, 1.82) is 0 Å². The summed E-state index contributed by atoms with van der Waals surface area (Å²) in [6.45, 7) is 0. The Hall–Kier alpha value is 0.01000. The lowest BCUT2D eigenvalue weighted by atomic mass is 10.5. The third-order valence-electron chi connectivity index (χ3n) is 0.742. The average molecular weight is 154 g/mol. The largest absolute Gasteiger partial charge is 0.184 e. The number of nitrogens with one attached hydrogen (secondary N) is 1. The van der Waals surface area contributed by atoms with Crippen LogP contribution in [0.3, 0.4) is 0 Å². The second kappa shape index (κ2) is 2.53. The van der Waals surface area contributed by atoms with Gasteiger partial charge in [0.25, 0.3) is 0 Å². The minimum Gasteiger partial charge on any atom is -0.184 e. The summed E-state index contributed by atoms with van der Waals surface area (Å²) in [5.74, 6) is 0. The normalized spacial score (nSPS) is 28.8. The SMILES string of the molecule is ClC1CC=NN(Cl)N1. The van der Waals surface area contributed by atoms with Gasteiger partial charge in [0.05, 0.1) is 11.8 Å². The minimum absolute atomic E-state index is 0.120. The molecule has 1 rings (SSSR count). The first-order valence-corrected chi connectivity index (χ1v) is 2.95. The fourth-order valence-corrected chi connectivity index (χ4v) is 0.815. The van der Waals surface area contributed by atoms with Crippen molar-refractivity contribution < 1.29 is 0 Å². The van der Waals surface area contributed by atoms with Crippen molar-refractivity contribution in [3.8, 4) is 0 Å². The predicted molar refractivity (Wildman–Crippen MR) is 33.6 cm³/mol. The molecule has 3 nitrogen and oxygen atoms in total. The zero-order valence-electron chi connectivity index (χ0n) is 4.01. The predicted octanol–water partition coefficient (Wildman–Crippen LogP) is 0.901. The molecule has 0 amide bonds. The van der Waals surface area contributed by atoms with Crippen LogP contribution in [0.25, 0.3) is 0 Å². The van der Waals surface area contributed by atoms with Crippen LogP contribution in [0.2, 0.25) is 0 Å². The highest BCUT2D eigenvalue weighted by Gasteiger charge is 2.08. The number of nitrogens with zero attached hydrogens (tertiary/aromatic N) is 2. The van der Waals surface area contributed by atoms with Crippen molar-refractivity contribution in [2.24, 2.45) is 5.10 Å². The van der Waals surface area contributed by atoms with E-state index in [0.29, 0.717) is 6.42 Å². The third kappa shape index (κ3) is 1.51. The first-order valence-electron chi connectivity index (χ1n) is 2.17. The maximum atomic E-state index is 5.58. The Balaban J connectivity index is 2.42. The molecular weight excluding hydrogens is 149 g/mol. The number of alkyl halides is 1. The summed E-state index contributed by atoms with van der Waals surface area (Å²) in [5.41, 5.74) is 2.53. The molecule has 1 N–H and O–H groups in total. The van der Waals surface area contributed by atoms with Crippen molar-refractivity contribution in [2.45, 2.75) is 11.9 Å². The number of rotatable bonds is 0. The van der Waals surface area contributed by atoms with Gasteiger partial charge in [-0.1, -0.05) is 0 Å². The van der Waals surface area contributed by atoms with Gasteiger partial charge in [0.2, 0.25) is 0 Å². The fraction of sp³-hybridized carbons (Fsp3) is 0.667. The lowest BCUT2D eigenvalue weighted by molar-refractivity contribution is 0.326. The van der Waals surface area contributed by atoms with Crippen molar-refractivity contribution in [2.75, 3.05) is 0 Å². The Bertz CT molecular complexity index is 105. The van der Waals surface area contributed by atoms with Crippen LogP contribution < -0.4 is 5.43 Å². The average Bonchev–Trinajstić information content (AvgIpc) is 1.64. The summed E-state index contributed by atoms with van der Waals surface area (Å²) in [5, 5.41) is 3.66. The molecule has 1 heterocycles. The van der Waals surface area contributed by atoms with E-state index in [0.717, 1.165) is 4.64 Å². The van der Waals surface area contributed by atoms with Crippen molar-refractivity contribution in [3.05, 3.63) is 0 Å². The van der Waals surface area contributed by atoms with E-state index in [4.69, 9.17) is 23.4 Å². The number of hydrogen-bond acceptors (Lipinski definition) is 3. The van der Waals surface area contributed by atoms with Crippen LogP contribution in [0, 0.1) is 0 Å². The molecule has 0 aliphatic carbocycles. The van der Waals surface area contributed by atoms with Gasteiger partial charge in [-0.15, -0.1) is 16.2 Å². The molecule has 0 bridgehead atoms. The molecule has 0 saturated heterocycles. The highest BCUT2D eigenvalue weighted by molar-refractivity contribution is 6.21. The van der Waals surface area contributed by atoms with Gasteiger partial charge in [-0.25, -0.2) is 0 Å². The summed E-state index contributed by atoms with van der Waals surface area (Å²) in [6, 6.07) is 0. The van der Waals surface area contributed by atoms with E-state index in [1.807, 2.05) is 0 Å². The number of hydrazone groups is 1. The minimum atomic E-state index is -0.120. The van der Waals surface area contributed by atoms with Gasteiger partial charge in [0, 0.05) is 12.6 Å². The summed E-state index contributed by atoms with van der Waals surface area (Å²) in [4.78, 5) is 0. The van der Waals surface area contributed by atoms with E-state index in [2.05, 4.69) is 10.5 Å². The zero-order chi connectivity index (χ0) is 5.98. The summed E-state index contributed by atoms with van der Waals surface area (Å²) in [7, 11) is 0. The summed E-state index contributed by atoms with van der Waals surface area (Å²) < 4.78 is 1.07. The van der Waals surface area contributed by atoms with Gasteiger partial charge in [-0.3, -0.25) is 0 Å². The van der Waals surface area contributed by atoms with E-state index in [1.54, 1.807) is 6.21 Å². The van der Waals surface area contributed by atoms with Crippen molar-refractivity contribution in [1.82, 2.24) is 10.1 Å². The number of hydrazine groups is 1. The second-order valence-corrected chi connectivity index (χ2v) is 2.24. The quantitative estimate of drug-likeness (QED) is 0.319. The molecule has 0 radical (unpaired) electrons. The van der Waals surface area contributed by atoms with E-state index in [1.165, 1.54) is 0 Å². The molecule has 0 aromatic heterocycles.